The lowest BCUT2D eigenvalue weighted by Crippen LogP contribution is -2.15. The van der Waals surface area contributed by atoms with Crippen LogP contribution >= 0.6 is 0 Å². The zero-order valence-electron chi connectivity index (χ0n) is 12.4. The van der Waals surface area contributed by atoms with E-state index in [2.05, 4.69) is 10.3 Å². The third-order valence-electron chi connectivity index (χ3n) is 2.86. The fourth-order valence-corrected chi connectivity index (χ4v) is 1.82. The number of benzene rings is 1. The molecule has 22 heavy (non-hydrogen) atoms. The van der Waals surface area contributed by atoms with Crippen molar-refractivity contribution in [1.29, 1.82) is 0 Å². The third-order valence-corrected chi connectivity index (χ3v) is 2.86. The molecule has 0 aliphatic rings. The van der Waals surface area contributed by atoms with Gasteiger partial charge in [0.2, 0.25) is 5.91 Å². The first-order chi connectivity index (χ1) is 10.7. The number of nitrogens with one attached hydrogen (secondary N) is 1. The molecular weight excluding hydrogens is 282 g/mol. The Morgan fingerprint density at radius 1 is 1.27 bits per heavy atom. The Hall–Kier alpha value is -2.60. The average molecular weight is 301 g/mol. The zero-order valence-corrected chi connectivity index (χ0v) is 12.4. The van der Waals surface area contributed by atoms with Gasteiger partial charge < -0.3 is 20.5 Å². The summed E-state index contributed by atoms with van der Waals surface area (Å²) in [5.41, 5.74) is 7.48. The van der Waals surface area contributed by atoms with E-state index in [1.165, 1.54) is 6.20 Å². The number of pyridine rings is 1. The number of anilines is 2. The van der Waals surface area contributed by atoms with Crippen molar-refractivity contribution in [2.24, 2.45) is 0 Å². The Bertz CT molecular complexity index is 614. The largest absolute Gasteiger partial charge is 0.491 e. The number of carbonyl (C=O) groups excluding carboxylic acids is 1. The van der Waals surface area contributed by atoms with Crippen molar-refractivity contribution in [3.8, 4) is 5.75 Å². The zero-order chi connectivity index (χ0) is 15.8. The Kier molecular flexibility index (Phi) is 5.73. The van der Waals surface area contributed by atoms with Gasteiger partial charge in [0.05, 0.1) is 24.9 Å². The highest BCUT2D eigenvalue weighted by molar-refractivity contribution is 5.92. The van der Waals surface area contributed by atoms with E-state index in [1.807, 2.05) is 12.1 Å². The molecule has 2 rings (SSSR count). The van der Waals surface area contributed by atoms with Crippen molar-refractivity contribution < 1.29 is 14.3 Å². The highest BCUT2D eigenvalue weighted by Gasteiger charge is 2.06. The van der Waals surface area contributed by atoms with E-state index in [4.69, 9.17) is 15.2 Å². The minimum Gasteiger partial charge on any atom is -0.491 e. The Morgan fingerprint density at radius 2 is 2.14 bits per heavy atom. The molecule has 0 saturated carbocycles. The SMILES string of the molecule is COCCOc1cccc(NC(=O)Cc2ccc(N)cn2)c1. The van der Waals surface area contributed by atoms with E-state index < -0.39 is 0 Å². The van der Waals surface area contributed by atoms with Crippen LogP contribution in [0.5, 0.6) is 5.75 Å². The number of aromatic nitrogens is 1. The van der Waals surface area contributed by atoms with Gasteiger partial charge in [-0.05, 0) is 24.3 Å². The van der Waals surface area contributed by atoms with Crippen LogP contribution < -0.4 is 15.8 Å². The van der Waals surface area contributed by atoms with Gasteiger partial charge in [0.15, 0.2) is 0 Å². The van der Waals surface area contributed by atoms with Gasteiger partial charge in [-0.15, -0.1) is 0 Å². The number of hydrogen-bond acceptors (Lipinski definition) is 5. The minimum absolute atomic E-state index is 0.147. The van der Waals surface area contributed by atoms with Crippen LogP contribution in [0.1, 0.15) is 5.69 Å². The van der Waals surface area contributed by atoms with Gasteiger partial charge in [0.1, 0.15) is 12.4 Å². The molecule has 6 nitrogen and oxygen atoms in total. The lowest BCUT2D eigenvalue weighted by Gasteiger charge is -2.09. The van der Waals surface area contributed by atoms with Crippen LogP contribution in [0.3, 0.4) is 0 Å². The van der Waals surface area contributed by atoms with Crippen molar-refractivity contribution in [3.63, 3.8) is 0 Å². The van der Waals surface area contributed by atoms with E-state index in [0.29, 0.717) is 36.0 Å². The number of rotatable bonds is 7. The van der Waals surface area contributed by atoms with Gasteiger partial charge in [-0.25, -0.2) is 0 Å². The monoisotopic (exact) mass is 301 g/mol. The van der Waals surface area contributed by atoms with Gasteiger partial charge in [0.25, 0.3) is 0 Å². The first kappa shape index (κ1) is 15.8. The molecule has 2 aromatic rings. The standard InChI is InChI=1S/C16H19N3O3/c1-21-7-8-22-15-4-2-3-14(9-15)19-16(20)10-13-6-5-12(17)11-18-13/h2-6,9,11H,7-8,10,17H2,1H3,(H,19,20). The van der Waals surface area contributed by atoms with Gasteiger partial charge >= 0.3 is 0 Å². The topological polar surface area (TPSA) is 86.5 Å². The van der Waals surface area contributed by atoms with E-state index >= 15 is 0 Å². The second-order valence-corrected chi connectivity index (χ2v) is 4.68. The van der Waals surface area contributed by atoms with Crippen LogP contribution in [0.15, 0.2) is 42.6 Å². The maximum Gasteiger partial charge on any atom is 0.230 e. The van der Waals surface area contributed by atoms with E-state index in [0.717, 1.165) is 0 Å². The maximum absolute atomic E-state index is 12.0. The molecule has 0 aliphatic carbocycles. The molecule has 0 saturated heterocycles. The summed E-state index contributed by atoms with van der Waals surface area (Å²) in [5.74, 6) is 0.534. The lowest BCUT2D eigenvalue weighted by atomic mass is 10.2. The fraction of sp³-hybridized carbons (Fsp3) is 0.250. The summed E-state index contributed by atoms with van der Waals surface area (Å²) in [5, 5.41) is 2.81. The summed E-state index contributed by atoms with van der Waals surface area (Å²) in [6.45, 7) is 0.975. The van der Waals surface area contributed by atoms with E-state index in [1.54, 1.807) is 31.4 Å². The minimum atomic E-state index is -0.147. The number of carbonyl (C=O) groups is 1. The molecule has 3 N–H and O–H groups in total. The highest BCUT2D eigenvalue weighted by Crippen LogP contribution is 2.17. The molecule has 1 aromatic heterocycles. The normalized spacial score (nSPS) is 10.2. The molecule has 0 atom stereocenters. The number of nitrogens with zero attached hydrogens (tertiary/aromatic N) is 1. The molecule has 1 heterocycles. The Morgan fingerprint density at radius 3 is 2.86 bits per heavy atom. The molecule has 1 amide bonds. The molecule has 0 bridgehead atoms. The van der Waals surface area contributed by atoms with Gasteiger partial charge in [-0.2, -0.15) is 0 Å². The quantitative estimate of drug-likeness (QED) is 0.762. The molecule has 6 heteroatoms. The van der Waals surface area contributed by atoms with Crippen LogP contribution in [-0.2, 0) is 16.0 Å². The first-order valence-corrected chi connectivity index (χ1v) is 6.89. The van der Waals surface area contributed by atoms with Crippen LogP contribution in [0, 0.1) is 0 Å². The smallest absolute Gasteiger partial charge is 0.230 e. The summed E-state index contributed by atoms with van der Waals surface area (Å²) in [7, 11) is 1.62. The summed E-state index contributed by atoms with van der Waals surface area (Å²) in [6, 6.07) is 10.7. The van der Waals surface area contributed by atoms with Crippen molar-refractivity contribution >= 4 is 17.3 Å². The first-order valence-electron chi connectivity index (χ1n) is 6.89. The number of amides is 1. The third kappa shape index (κ3) is 5.06. The summed E-state index contributed by atoms with van der Waals surface area (Å²) < 4.78 is 10.4. The summed E-state index contributed by atoms with van der Waals surface area (Å²) in [4.78, 5) is 16.1. The van der Waals surface area contributed by atoms with E-state index in [-0.39, 0.29) is 12.3 Å². The van der Waals surface area contributed by atoms with Crippen molar-refractivity contribution in [1.82, 2.24) is 4.98 Å². The molecule has 0 spiro atoms. The van der Waals surface area contributed by atoms with Crippen LogP contribution in [-0.4, -0.2) is 31.2 Å². The van der Waals surface area contributed by atoms with E-state index in [9.17, 15) is 4.79 Å². The highest BCUT2D eigenvalue weighted by atomic mass is 16.5. The summed E-state index contributed by atoms with van der Waals surface area (Å²) in [6.07, 6.45) is 1.72. The lowest BCUT2D eigenvalue weighted by molar-refractivity contribution is -0.115. The molecule has 0 fully saturated rings. The second kappa shape index (κ2) is 7.99. The summed E-state index contributed by atoms with van der Waals surface area (Å²) >= 11 is 0. The maximum atomic E-state index is 12.0. The Balaban J connectivity index is 1.90. The average Bonchev–Trinajstić information content (AvgIpc) is 2.50. The number of hydrogen-bond donors (Lipinski definition) is 2. The van der Waals surface area contributed by atoms with Gasteiger partial charge in [-0.1, -0.05) is 6.07 Å². The molecule has 0 unspecified atom stereocenters. The molecule has 0 radical (unpaired) electrons. The second-order valence-electron chi connectivity index (χ2n) is 4.68. The molecule has 1 aromatic carbocycles. The van der Waals surface area contributed by atoms with Gasteiger partial charge in [-0.3, -0.25) is 9.78 Å². The van der Waals surface area contributed by atoms with Crippen LogP contribution in [0.2, 0.25) is 0 Å². The van der Waals surface area contributed by atoms with Crippen molar-refractivity contribution in [2.75, 3.05) is 31.4 Å². The van der Waals surface area contributed by atoms with Crippen LogP contribution in [0.25, 0.3) is 0 Å². The Labute approximate surface area is 129 Å². The number of nitrogens with two attached hydrogens (primary N) is 1. The molecule has 0 aliphatic heterocycles. The number of ether oxygens (including phenoxy) is 2. The number of methoxy groups -OCH3 is 1. The molecular formula is C16H19N3O3. The molecule has 116 valence electrons. The van der Waals surface area contributed by atoms with Crippen molar-refractivity contribution in [3.05, 3.63) is 48.3 Å². The predicted molar refractivity (Wildman–Crippen MR) is 84.8 cm³/mol. The van der Waals surface area contributed by atoms with Crippen LogP contribution in [0.4, 0.5) is 11.4 Å². The van der Waals surface area contributed by atoms with Crippen molar-refractivity contribution in [2.45, 2.75) is 6.42 Å². The van der Waals surface area contributed by atoms with Gasteiger partial charge in [0, 0.05) is 24.6 Å². The predicted octanol–water partition coefficient (Wildman–Crippen LogP) is 1.87. The number of nitrogen functional groups attached to an aromatic ring is 1. The fourth-order valence-electron chi connectivity index (χ4n) is 1.82.